The van der Waals surface area contributed by atoms with Crippen molar-refractivity contribution in [2.75, 3.05) is 13.6 Å². The molecule has 0 spiro atoms. The van der Waals surface area contributed by atoms with Crippen molar-refractivity contribution in [3.05, 3.63) is 70.9 Å². The highest BCUT2D eigenvalue weighted by Crippen LogP contribution is 2.34. The average Bonchev–Trinajstić information content (AvgIpc) is 2.85. The van der Waals surface area contributed by atoms with E-state index in [1.54, 1.807) is 0 Å². The molecule has 0 aliphatic carbocycles. The van der Waals surface area contributed by atoms with Crippen LogP contribution in [0.15, 0.2) is 48.5 Å². The van der Waals surface area contributed by atoms with Crippen molar-refractivity contribution >= 4 is 10.9 Å². The Kier molecular flexibility index (Phi) is 2.86. The third kappa shape index (κ3) is 2.16. The van der Waals surface area contributed by atoms with Crippen molar-refractivity contribution in [1.82, 2.24) is 9.88 Å². The van der Waals surface area contributed by atoms with Crippen molar-refractivity contribution in [3.8, 4) is 0 Å². The van der Waals surface area contributed by atoms with Gasteiger partial charge in [-0.3, -0.25) is 0 Å². The predicted molar refractivity (Wildman–Crippen MR) is 87.7 cm³/mol. The number of benzene rings is 2. The van der Waals surface area contributed by atoms with E-state index in [0.29, 0.717) is 5.92 Å². The van der Waals surface area contributed by atoms with Crippen LogP contribution < -0.4 is 0 Å². The summed E-state index contributed by atoms with van der Waals surface area (Å²) >= 11 is 0. The molecule has 1 aliphatic heterocycles. The minimum Gasteiger partial charge on any atom is -0.359 e. The third-order valence-electron chi connectivity index (χ3n) is 4.55. The zero-order chi connectivity index (χ0) is 14.4. The van der Waals surface area contributed by atoms with Crippen molar-refractivity contribution in [2.24, 2.45) is 0 Å². The minimum atomic E-state index is 0.466. The normalized spacial score (nSPS) is 18.9. The number of rotatable bonds is 1. The van der Waals surface area contributed by atoms with Gasteiger partial charge in [-0.05, 0) is 48.2 Å². The predicted octanol–water partition coefficient (Wildman–Crippen LogP) is 4.05. The maximum Gasteiger partial charge on any atom is 0.0458 e. The topological polar surface area (TPSA) is 19.0 Å². The summed E-state index contributed by atoms with van der Waals surface area (Å²) in [5.74, 6) is 0.466. The van der Waals surface area contributed by atoms with Gasteiger partial charge in [-0.15, -0.1) is 0 Å². The summed E-state index contributed by atoms with van der Waals surface area (Å²) in [6, 6.07) is 17.9. The van der Waals surface area contributed by atoms with Crippen molar-refractivity contribution in [1.29, 1.82) is 0 Å². The first-order valence-electron chi connectivity index (χ1n) is 7.56. The molecule has 21 heavy (non-hydrogen) atoms. The summed E-state index contributed by atoms with van der Waals surface area (Å²) in [5.41, 5.74) is 6.82. The van der Waals surface area contributed by atoms with Gasteiger partial charge in [-0.2, -0.15) is 0 Å². The van der Waals surface area contributed by atoms with Gasteiger partial charge in [0.05, 0.1) is 0 Å². The average molecular weight is 276 g/mol. The first-order chi connectivity index (χ1) is 10.2. The minimum absolute atomic E-state index is 0.466. The number of likely N-dealkylation sites (N-methyl/N-ethyl adjacent to an activating group) is 1. The van der Waals surface area contributed by atoms with Crippen molar-refractivity contribution < 1.29 is 0 Å². The maximum absolute atomic E-state index is 3.46. The third-order valence-corrected chi connectivity index (χ3v) is 4.55. The summed E-state index contributed by atoms with van der Waals surface area (Å²) in [4.78, 5) is 5.87. The second kappa shape index (κ2) is 4.74. The lowest BCUT2D eigenvalue weighted by molar-refractivity contribution is 0.295. The van der Waals surface area contributed by atoms with E-state index in [0.717, 1.165) is 13.1 Å². The molecule has 0 saturated heterocycles. The lowest BCUT2D eigenvalue weighted by atomic mass is 9.84. The monoisotopic (exact) mass is 276 g/mol. The highest BCUT2D eigenvalue weighted by molar-refractivity contribution is 5.81. The number of H-pyrrole nitrogens is 1. The van der Waals surface area contributed by atoms with Crippen LogP contribution in [0.5, 0.6) is 0 Å². The van der Waals surface area contributed by atoms with Crippen LogP contribution in [0.25, 0.3) is 10.9 Å². The Bertz CT molecular complexity index is 800. The summed E-state index contributed by atoms with van der Waals surface area (Å²) in [5, 5.41) is 1.30. The van der Waals surface area contributed by atoms with Crippen LogP contribution in [0, 0.1) is 6.92 Å². The number of aryl methyl sites for hydroxylation is 1. The molecule has 0 amide bonds. The van der Waals surface area contributed by atoms with Crippen molar-refractivity contribution in [3.63, 3.8) is 0 Å². The molecule has 4 rings (SSSR count). The second-order valence-corrected chi connectivity index (χ2v) is 6.25. The maximum atomic E-state index is 3.46. The van der Waals surface area contributed by atoms with E-state index in [-0.39, 0.29) is 0 Å². The molecule has 0 radical (unpaired) electrons. The Hall–Kier alpha value is -2.06. The molecular weight excluding hydrogens is 256 g/mol. The van der Waals surface area contributed by atoms with Crippen LogP contribution in [0.4, 0.5) is 0 Å². The molecule has 0 fully saturated rings. The van der Waals surface area contributed by atoms with Gasteiger partial charge >= 0.3 is 0 Å². The van der Waals surface area contributed by atoms with Crippen LogP contribution in [0.3, 0.4) is 0 Å². The van der Waals surface area contributed by atoms with Gasteiger partial charge < -0.3 is 9.88 Å². The SMILES string of the molecule is Cc1cc2ccc(C3CN(C)Cc4ccccc43)cc2[nH]1. The lowest BCUT2D eigenvalue weighted by Gasteiger charge is -2.32. The number of hydrogen-bond donors (Lipinski definition) is 1. The van der Waals surface area contributed by atoms with Gasteiger partial charge in [0, 0.05) is 30.2 Å². The smallest absolute Gasteiger partial charge is 0.0458 e. The standard InChI is InChI=1S/C19H20N2/c1-13-9-15-8-7-14(10-19(15)20-13)18-12-21(2)11-16-5-3-4-6-17(16)18/h3-10,18,20H,11-12H2,1-2H3. The Balaban J connectivity index is 1.84. The van der Waals surface area contributed by atoms with Gasteiger partial charge in [0.15, 0.2) is 0 Å². The second-order valence-electron chi connectivity index (χ2n) is 6.25. The van der Waals surface area contributed by atoms with Gasteiger partial charge in [-0.1, -0.05) is 36.4 Å². The van der Waals surface area contributed by atoms with Crippen LogP contribution >= 0.6 is 0 Å². The first-order valence-corrected chi connectivity index (χ1v) is 7.56. The van der Waals surface area contributed by atoms with E-state index < -0.39 is 0 Å². The Morgan fingerprint density at radius 3 is 2.86 bits per heavy atom. The van der Waals surface area contributed by atoms with Crippen molar-refractivity contribution in [2.45, 2.75) is 19.4 Å². The molecule has 1 aromatic heterocycles. The van der Waals surface area contributed by atoms with Gasteiger partial charge in [0.25, 0.3) is 0 Å². The first kappa shape index (κ1) is 12.7. The Labute approximate surface area is 125 Å². The van der Waals surface area contributed by atoms with E-state index in [1.807, 2.05) is 0 Å². The fourth-order valence-electron chi connectivity index (χ4n) is 3.57. The number of hydrogen-bond acceptors (Lipinski definition) is 1. The summed E-state index contributed by atoms with van der Waals surface area (Å²) in [6.45, 7) is 4.25. The number of nitrogens with one attached hydrogen (secondary N) is 1. The molecule has 2 aromatic carbocycles. The Morgan fingerprint density at radius 1 is 1.10 bits per heavy atom. The molecule has 0 bridgehead atoms. The van der Waals surface area contributed by atoms with Crippen LogP contribution in [-0.2, 0) is 6.54 Å². The van der Waals surface area contributed by atoms with E-state index in [4.69, 9.17) is 0 Å². The fraction of sp³-hybridized carbons (Fsp3) is 0.263. The van der Waals surface area contributed by atoms with Gasteiger partial charge in [0.1, 0.15) is 0 Å². The molecule has 3 aromatic rings. The molecule has 1 atom stereocenters. The summed E-state index contributed by atoms with van der Waals surface area (Å²) in [7, 11) is 2.21. The molecule has 1 N–H and O–H groups in total. The highest BCUT2D eigenvalue weighted by Gasteiger charge is 2.24. The molecule has 2 nitrogen and oxygen atoms in total. The lowest BCUT2D eigenvalue weighted by Crippen LogP contribution is -2.30. The summed E-state index contributed by atoms with van der Waals surface area (Å²) in [6.07, 6.45) is 0. The van der Waals surface area contributed by atoms with E-state index >= 15 is 0 Å². The zero-order valence-electron chi connectivity index (χ0n) is 12.6. The van der Waals surface area contributed by atoms with Crippen LogP contribution in [0.2, 0.25) is 0 Å². The van der Waals surface area contributed by atoms with E-state index in [1.165, 1.54) is 33.3 Å². The molecule has 0 saturated carbocycles. The van der Waals surface area contributed by atoms with E-state index in [2.05, 4.69) is 72.4 Å². The Morgan fingerprint density at radius 2 is 1.95 bits per heavy atom. The number of nitrogens with zero attached hydrogens (tertiary/aromatic N) is 1. The largest absolute Gasteiger partial charge is 0.359 e. The molecule has 2 heterocycles. The zero-order valence-corrected chi connectivity index (χ0v) is 12.6. The quantitative estimate of drug-likeness (QED) is 0.710. The molecular formula is C19H20N2. The number of aromatic amines is 1. The number of aromatic nitrogens is 1. The highest BCUT2D eigenvalue weighted by atomic mass is 15.1. The molecule has 2 heteroatoms. The van der Waals surface area contributed by atoms with Crippen LogP contribution in [-0.4, -0.2) is 23.5 Å². The molecule has 106 valence electrons. The molecule has 1 aliphatic rings. The van der Waals surface area contributed by atoms with Gasteiger partial charge in [0.2, 0.25) is 0 Å². The summed E-state index contributed by atoms with van der Waals surface area (Å²) < 4.78 is 0. The van der Waals surface area contributed by atoms with Gasteiger partial charge in [-0.25, -0.2) is 0 Å². The fourth-order valence-corrected chi connectivity index (χ4v) is 3.57. The number of fused-ring (bicyclic) bond motifs is 2. The van der Waals surface area contributed by atoms with E-state index in [9.17, 15) is 0 Å². The van der Waals surface area contributed by atoms with Crippen LogP contribution in [0.1, 0.15) is 28.3 Å². The molecule has 1 unspecified atom stereocenters.